The molecule has 0 radical (unpaired) electrons. The fourth-order valence-electron chi connectivity index (χ4n) is 3.41. The number of amides is 1. The summed E-state index contributed by atoms with van der Waals surface area (Å²) < 4.78 is 0. The number of aromatic nitrogens is 1. The average Bonchev–Trinajstić information content (AvgIpc) is 2.74. The third-order valence-electron chi connectivity index (χ3n) is 4.83. The molecule has 3 aromatic carbocycles. The van der Waals surface area contributed by atoms with Crippen LogP contribution in [0, 0.1) is 17.0 Å². The molecule has 0 unspecified atom stereocenters. The van der Waals surface area contributed by atoms with Gasteiger partial charge in [0.25, 0.3) is 11.6 Å². The van der Waals surface area contributed by atoms with Gasteiger partial charge in [-0.05, 0) is 36.8 Å². The minimum Gasteiger partial charge on any atom is -0.316 e. The highest BCUT2D eigenvalue weighted by Gasteiger charge is 2.21. The van der Waals surface area contributed by atoms with E-state index in [0.717, 1.165) is 5.56 Å². The van der Waals surface area contributed by atoms with Gasteiger partial charge in [0.2, 0.25) is 0 Å². The van der Waals surface area contributed by atoms with Crippen LogP contribution in [0.5, 0.6) is 0 Å². The highest BCUT2D eigenvalue weighted by Crippen LogP contribution is 2.32. The van der Waals surface area contributed by atoms with Crippen LogP contribution >= 0.6 is 11.6 Å². The molecule has 0 aliphatic heterocycles. The molecule has 4 aromatic rings. The number of pyridine rings is 1. The third-order valence-corrected chi connectivity index (χ3v) is 5.08. The van der Waals surface area contributed by atoms with E-state index in [0.29, 0.717) is 32.7 Å². The van der Waals surface area contributed by atoms with Crippen LogP contribution < -0.4 is 5.32 Å². The van der Waals surface area contributed by atoms with Crippen molar-refractivity contribution in [3.05, 3.63) is 99.1 Å². The number of carbonyl (C=O) groups is 1. The number of nitrogens with zero attached hydrogens (tertiary/aromatic N) is 2. The van der Waals surface area contributed by atoms with E-state index < -0.39 is 10.8 Å². The Morgan fingerprint density at radius 3 is 2.40 bits per heavy atom. The first-order valence-corrected chi connectivity index (χ1v) is 9.53. The van der Waals surface area contributed by atoms with Gasteiger partial charge in [0.15, 0.2) is 0 Å². The Bertz CT molecular complexity index is 1290. The molecule has 0 fully saturated rings. The van der Waals surface area contributed by atoms with E-state index >= 15 is 0 Å². The number of nitro benzene ring substituents is 1. The zero-order valence-corrected chi connectivity index (χ0v) is 16.7. The lowest BCUT2D eigenvalue weighted by atomic mass is 9.97. The quantitative estimate of drug-likeness (QED) is 0.324. The molecule has 30 heavy (non-hydrogen) atoms. The SMILES string of the molecule is Cc1c(-c2ccc(Cl)cc2)nc2ccccc2c1C(=O)Nc1ccccc1[N+](=O)[O-]. The predicted molar refractivity (Wildman–Crippen MR) is 118 cm³/mol. The van der Waals surface area contributed by atoms with Gasteiger partial charge in [0.05, 0.1) is 21.7 Å². The van der Waals surface area contributed by atoms with Crippen LogP contribution in [0.25, 0.3) is 22.2 Å². The Balaban J connectivity index is 1.87. The zero-order valence-electron chi connectivity index (χ0n) is 15.9. The predicted octanol–water partition coefficient (Wildman–Crippen LogP) is 6.02. The van der Waals surface area contributed by atoms with Gasteiger partial charge in [-0.15, -0.1) is 0 Å². The van der Waals surface area contributed by atoms with Crippen molar-refractivity contribution in [1.82, 2.24) is 4.98 Å². The van der Waals surface area contributed by atoms with E-state index in [1.54, 1.807) is 24.3 Å². The summed E-state index contributed by atoms with van der Waals surface area (Å²) >= 11 is 6.01. The Kier molecular flexibility index (Phi) is 5.16. The van der Waals surface area contributed by atoms with Gasteiger partial charge < -0.3 is 5.32 Å². The van der Waals surface area contributed by atoms with Crippen molar-refractivity contribution in [3.63, 3.8) is 0 Å². The van der Waals surface area contributed by atoms with Gasteiger partial charge in [-0.2, -0.15) is 0 Å². The number of carbonyl (C=O) groups excluding carboxylic acids is 1. The lowest BCUT2D eigenvalue weighted by Crippen LogP contribution is -2.16. The molecular formula is C23H16ClN3O3. The third kappa shape index (κ3) is 3.60. The van der Waals surface area contributed by atoms with Crippen molar-refractivity contribution < 1.29 is 9.72 Å². The summed E-state index contributed by atoms with van der Waals surface area (Å²) in [5, 5.41) is 15.3. The van der Waals surface area contributed by atoms with Crippen LogP contribution in [-0.4, -0.2) is 15.8 Å². The van der Waals surface area contributed by atoms with Crippen molar-refractivity contribution in [1.29, 1.82) is 0 Å². The number of halogens is 1. The van der Waals surface area contributed by atoms with Crippen LogP contribution in [0.2, 0.25) is 5.02 Å². The van der Waals surface area contributed by atoms with Crippen LogP contribution in [0.15, 0.2) is 72.8 Å². The van der Waals surface area contributed by atoms with E-state index in [1.807, 2.05) is 43.3 Å². The van der Waals surface area contributed by atoms with E-state index in [2.05, 4.69) is 5.32 Å². The Morgan fingerprint density at radius 2 is 1.67 bits per heavy atom. The summed E-state index contributed by atoms with van der Waals surface area (Å²) in [6, 6.07) is 20.6. The van der Waals surface area contributed by atoms with Gasteiger partial charge in [0, 0.05) is 22.0 Å². The molecule has 1 amide bonds. The minimum atomic E-state index is -0.522. The maximum absolute atomic E-state index is 13.3. The maximum Gasteiger partial charge on any atom is 0.292 e. The first kappa shape index (κ1) is 19.5. The number of anilines is 1. The molecule has 0 spiro atoms. The molecule has 1 N–H and O–H groups in total. The van der Waals surface area contributed by atoms with Crippen LogP contribution in [0.4, 0.5) is 11.4 Å². The molecule has 0 aliphatic carbocycles. The average molecular weight is 418 g/mol. The minimum absolute atomic E-state index is 0.140. The second-order valence-corrected chi connectivity index (χ2v) is 7.15. The van der Waals surface area contributed by atoms with E-state index in [9.17, 15) is 14.9 Å². The monoisotopic (exact) mass is 417 g/mol. The number of benzene rings is 3. The number of nitro groups is 1. The van der Waals surface area contributed by atoms with Gasteiger partial charge in [0.1, 0.15) is 5.69 Å². The van der Waals surface area contributed by atoms with E-state index in [1.165, 1.54) is 12.1 Å². The number of nitrogens with one attached hydrogen (secondary N) is 1. The molecule has 0 aliphatic rings. The molecule has 7 heteroatoms. The second-order valence-electron chi connectivity index (χ2n) is 6.71. The van der Waals surface area contributed by atoms with Crippen molar-refractivity contribution in [3.8, 4) is 11.3 Å². The van der Waals surface area contributed by atoms with Gasteiger partial charge in [-0.25, -0.2) is 4.98 Å². The fourth-order valence-corrected chi connectivity index (χ4v) is 3.54. The Morgan fingerprint density at radius 1 is 1.00 bits per heavy atom. The van der Waals surface area contributed by atoms with E-state index in [-0.39, 0.29) is 11.4 Å². The number of hydrogen-bond donors (Lipinski definition) is 1. The largest absolute Gasteiger partial charge is 0.316 e. The first-order chi connectivity index (χ1) is 14.5. The molecule has 0 atom stereocenters. The molecule has 4 rings (SSSR count). The lowest BCUT2D eigenvalue weighted by Gasteiger charge is -2.15. The Labute approximate surface area is 177 Å². The number of fused-ring (bicyclic) bond motifs is 1. The van der Waals surface area contributed by atoms with Gasteiger partial charge in [-0.3, -0.25) is 14.9 Å². The lowest BCUT2D eigenvalue weighted by molar-refractivity contribution is -0.383. The summed E-state index contributed by atoms with van der Waals surface area (Å²) in [5.41, 5.74) is 3.19. The van der Waals surface area contributed by atoms with E-state index in [4.69, 9.17) is 16.6 Å². The Hall–Kier alpha value is -3.77. The summed E-state index contributed by atoms with van der Waals surface area (Å²) in [6.07, 6.45) is 0. The zero-order chi connectivity index (χ0) is 21.3. The molecule has 6 nitrogen and oxygen atoms in total. The van der Waals surface area contributed by atoms with Gasteiger partial charge in [-0.1, -0.05) is 54.1 Å². The standard InChI is InChI=1S/C23H16ClN3O3/c1-14-21(23(28)26-19-8-4-5-9-20(19)27(29)30)17-6-2-3-7-18(17)25-22(14)15-10-12-16(24)13-11-15/h2-13H,1H3,(H,26,28). The molecular weight excluding hydrogens is 402 g/mol. The maximum atomic E-state index is 13.3. The fraction of sp³-hybridized carbons (Fsp3) is 0.0435. The smallest absolute Gasteiger partial charge is 0.292 e. The number of hydrogen-bond acceptors (Lipinski definition) is 4. The second kappa shape index (κ2) is 7.93. The number of rotatable bonds is 4. The molecule has 1 heterocycles. The molecule has 0 bridgehead atoms. The van der Waals surface area contributed by atoms with Crippen LogP contribution in [0.3, 0.4) is 0 Å². The number of para-hydroxylation sites is 3. The van der Waals surface area contributed by atoms with Crippen LogP contribution in [0.1, 0.15) is 15.9 Å². The van der Waals surface area contributed by atoms with Crippen molar-refractivity contribution in [2.75, 3.05) is 5.32 Å². The molecule has 0 saturated carbocycles. The highest BCUT2D eigenvalue weighted by atomic mass is 35.5. The topological polar surface area (TPSA) is 85.1 Å². The van der Waals surface area contributed by atoms with Crippen molar-refractivity contribution in [2.24, 2.45) is 0 Å². The van der Waals surface area contributed by atoms with Crippen LogP contribution in [-0.2, 0) is 0 Å². The summed E-state index contributed by atoms with van der Waals surface area (Å²) in [5.74, 6) is -0.435. The molecule has 1 aromatic heterocycles. The summed E-state index contributed by atoms with van der Waals surface area (Å²) in [6.45, 7) is 1.82. The first-order valence-electron chi connectivity index (χ1n) is 9.16. The normalized spacial score (nSPS) is 10.7. The van der Waals surface area contributed by atoms with Crippen molar-refractivity contribution >= 4 is 39.8 Å². The van der Waals surface area contributed by atoms with Crippen molar-refractivity contribution in [2.45, 2.75) is 6.92 Å². The summed E-state index contributed by atoms with van der Waals surface area (Å²) in [7, 11) is 0. The molecule has 148 valence electrons. The molecule has 0 saturated heterocycles. The van der Waals surface area contributed by atoms with Gasteiger partial charge >= 0.3 is 0 Å². The highest BCUT2D eigenvalue weighted by molar-refractivity contribution is 6.30. The summed E-state index contributed by atoms with van der Waals surface area (Å²) in [4.78, 5) is 28.8.